The molecule has 1 aliphatic rings. The monoisotopic (exact) mass is 435 g/mol. The van der Waals surface area contributed by atoms with Crippen LogP contribution < -0.4 is 16.2 Å². The molecule has 32 heavy (non-hydrogen) atoms. The van der Waals surface area contributed by atoms with Crippen LogP contribution in [0.4, 0.5) is 15.9 Å². The van der Waals surface area contributed by atoms with Gasteiger partial charge in [-0.1, -0.05) is 12.1 Å². The van der Waals surface area contributed by atoms with E-state index in [-0.39, 0.29) is 23.5 Å². The number of alkyl halides is 1. The first-order valence-electron chi connectivity index (χ1n) is 10.2. The van der Waals surface area contributed by atoms with Gasteiger partial charge >= 0.3 is 5.97 Å². The molecule has 1 aliphatic carbocycles. The SMILES string of the molecule is Cc1cc([C@@H](C)Nc2ccccc2C(=O)O)c2nc(NCC3(F)CC3)c(C#N)c(=O)n2c1. The fourth-order valence-corrected chi connectivity index (χ4v) is 3.62. The lowest BCUT2D eigenvalue weighted by Crippen LogP contribution is -2.25. The van der Waals surface area contributed by atoms with Crippen molar-refractivity contribution in [1.82, 2.24) is 9.38 Å². The van der Waals surface area contributed by atoms with Gasteiger partial charge in [0, 0.05) is 17.4 Å². The maximum Gasteiger partial charge on any atom is 0.337 e. The number of aromatic nitrogens is 2. The second-order valence-corrected chi connectivity index (χ2v) is 8.14. The number of para-hydroxylation sites is 1. The van der Waals surface area contributed by atoms with Crippen molar-refractivity contribution >= 4 is 23.1 Å². The van der Waals surface area contributed by atoms with Gasteiger partial charge in [0.2, 0.25) is 0 Å². The van der Waals surface area contributed by atoms with Crippen LogP contribution in [0.2, 0.25) is 0 Å². The molecule has 0 spiro atoms. The van der Waals surface area contributed by atoms with Gasteiger partial charge in [0.1, 0.15) is 17.4 Å². The Bertz CT molecular complexity index is 1320. The maximum absolute atomic E-state index is 14.1. The van der Waals surface area contributed by atoms with E-state index in [0.29, 0.717) is 29.7 Å². The molecule has 3 aromatic rings. The van der Waals surface area contributed by atoms with E-state index in [1.54, 1.807) is 24.4 Å². The number of aromatic carboxylic acids is 1. The molecular formula is C23H22FN5O3. The van der Waals surface area contributed by atoms with Crippen molar-refractivity contribution in [1.29, 1.82) is 5.26 Å². The van der Waals surface area contributed by atoms with Crippen molar-refractivity contribution in [3.8, 4) is 6.07 Å². The average Bonchev–Trinajstić information content (AvgIpc) is 3.50. The van der Waals surface area contributed by atoms with E-state index in [4.69, 9.17) is 0 Å². The molecule has 0 radical (unpaired) electrons. The number of halogens is 1. The van der Waals surface area contributed by atoms with E-state index in [2.05, 4.69) is 15.6 Å². The van der Waals surface area contributed by atoms with Gasteiger partial charge in [0.25, 0.3) is 5.56 Å². The fourth-order valence-electron chi connectivity index (χ4n) is 3.62. The normalized spacial score (nSPS) is 15.1. The number of carbonyl (C=O) groups is 1. The molecule has 1 aromatic carbocycles. The van der Waals surface area contributed by atoms with E-state index in [9.17, 15) is 24.3 Å². The van der Waals surface area contributed by atoms with E-state index in [1.807, 2.05) is 26.0 Å². The van der Waals surface area contributed by atoms with Gasteiger partial charge in [-0.3, -0.25) is 9.20 Å². The Labute approximate surface area is 183 Å². The van der Waals surface area contributed by atoms with Crippen LogP contribution in [0.25, 0.3) is 5.65 Å². The quantitative estimate of drug-likeness (QED) is 0.518. The van der Waals surface area contributed by atoms with Gasteiger partial charge in [-0.25, -0.2) is 14.2 Å². The zero-order valence-corrected chi connectivity index (χ0v) is 17.6. The molecule has 8 nitrogen and oxygen atoms in total. The van der Waals surface area contributed by atoms with Crippen LogP contribution in [0.1, 0.15) is 52.9 Å². The number of nitrogens with one attached hydrogen (secondary N) is 2. The lowest BCUT2D eigenvalue weighted by Gasteiger charge is -2.20. The van der Waals surface area contributed by atoms with Gasteiger partial charge in [0.15, 0.2) is 11.4 Å². The van der Waals surface area contributed by atoms with Gasteiger partial charge in [0.05, 0.1) is 18.2 Å². The topological polar surface area (TPSA) is 120 Å². The molecule has 0 aliphatic heterocycles. The second-order valence-electron chi connectivity index (χ2n) is 8.14. The fraction of sp³-hybridized carbons (Fsp3) is 0.304. The maximum atomic E-state index is 14.1. The van der Waals surface area contributed by atoms with Crippen molar-refractivity contribution in [2.45, 2.75) is 38.4 Å². The summed E-state index contributed by atoms with van der Waals surface area (Å²) in [5.41, 5.74) is 0.192. The first-order valence-corrected chi connectivity index (χ1v) is 10.2. The highest BCUT2D eigenvalue weighted by Crippen LogP contribution is 2.39. The Balaban J connectivity index is 1.80. The molecule has 1 saturated carbocycles. The molecule has 0 amide bonds. The van der Waals surface area contributed by atoms with E-state index in [1.165, 1.54) is 10.5 Å². The Hall–Kier alpha value is -3.93. The minimum atomic E-state index is -1.33. The van der Waals surface area contributed by atoms with Crippen molar-refractivity contribution in [2.24, 2.45) is 0 Å². The first kappa shape index (κ1) is 21.3. The number of hydrogen-bond acceptors (Lipinski definition) is 6. The second kappa shape index (κ2) is 7.96. The third-order valence-corrected chi connectivity index (χ3v) is 5.56. The minimum absolute atomic E-state index is 0.0225. The number of hydrogen-bond donors (Lipinski definition) is 3. The molecule has 9 heteroatoms. The molecule has 164 valence electrons. The predicted molar refractivity (Wildman–Crippen MR) is 118 cm³/mol. The van der Waals surface area contributed by atoms with Gasteiger partial charge < -0.3 is 15.7 Å². The lowest BCUT2D eigenvalue weighted by atomic mass is 10.1. The number of carboxylic acid groups (broad SMARTS) is 1. The number of carboxylic acids is 1. The van der Waals surface area contributed by atoms with Crippen molar-refractivity contribution in [2.75, 3.05) is 17.2 Å². The van der Waals surface area contributed by atoms with E-state index < -0.39 is 23.2 Å². The molecule has 4 rings (SSSR count). The molecule has 0 bridgehead atoms. The summed E-state index contributed by atoms with van der Waals surface area (Å²) in [6.07, 6.45) is 2.46. The summed E-state index contributed by atoms with van der Waals surface area (Å²) in [6.45, 7) is 3.61. The number of pyridine rings is 1. The molecule has 1 fully saturated rings. The van der Waals surface area contributed by atoms with Crippen LogP contribution in [-0.4, -0.2) is 32.7 Å². The number of nitrogens with zero attached hydrogens (tertiary/aromatic N) is 3. The summed E-state index contributed by atoms with van der Waals surface area (Å²) in [7, 11) is 0. The third-order valence-electron chi connectivity index (χ3n) is 5.56. The molecule has 3 N–H and O–H groups in total. The minimum Gasteiger partial charge on any atom is -0.478 e. The highest BCUT2D eigenvalue weighted by Gasteiger charge is 2.43. The van der Waals surface area contributed by atoms with Crippen LogP contribution >= 0.6 is 0 Å². The van der Waals surface area contributed by atoms with Crippen molar-refractivity contribution in [3.63, 3.8) is 0 Å². The molecule has 0 unspecified atom stereocenters. The summed E-state index contributed by atoms with van der Waals surface area (Å²) in [5, 5.41) is 25.0. The van der Waals surface area contributed by atoms with Crippen LogP contribution in [0.5, 0.6) is 0 Å². The number of fused-ring (bicyclic) bond motifs is 1. The van der Waals surface area contributed by atoms with Gasteiger partial charge in [-0.05, 0) is 50.5 Å². The largest absolute Gasteiger partial charge is 0.478 e. The number of rotatable bonds is 7. The zero-order valence-electron chi connectivity index (χ0n) is 17.6. The van der Waals surface area contributed by atoms with Crippen LogP contribution in [0, 0.1) is 18.3 Å². The first-order chi connectivity index (χ1) is 15.2. The number of anilines is 2. The summed E-state index contributed by atoms with van der Waals surface area (Å²) in [6, 6.07) is 9.83. The summed E-state index contributed by atoms with van der Waals surface area (Å²) >= 11 is 0. The number of benzene rings is 1. The number of nitriles is 1. The Morgan fingerprint density at radius 2 is 2.12 bits per heavy atom. The van der Waals surface area contributed by atoms with Crippen LogP contribution in [-0.2, 0) is 0 Å². The third kappa shape index (κ3) is 3.99. The molecule has 2 heterocycles. The Morgan fingerprint density at radius 3 is 2.78 bits per heavy atom. The van der Waals surface area contributed by atoms with Gasteiger partial charge in [-0.2, -0.15) is 5.26 Å². The van der Waals surface area contributed by atoms with Crippen LogP contribution in [0.3, 0.4) is 0 Å². The average molecular weight is 435 g/mol. The Morgan fingerprint density at radius 1 is 1.41 bits per heavy atom. The highest BCUT2D eigenvalue weighted by molar-refractivity contribution is 5.94. The summed E-state index contributed by atoms with van der Waals surface area (Å²) in [5.74, 6) is -1.02. The lowest BCUT2D eigenvalue weighted by molar-refractivity contribution is 0.0698. The smallest absolute Gasteiger partial charge is 0.337 e. The molecular weight excluding hydrogens is 413 g/mol. The van der Waals surface area contributed by atoms with Crippen molar-refractivity contribution in [3.05, 3.63) is 69.1 Å². The predicted octanol–water partition coefficient (Wildman–Crippen LogP) is 3.66. The summed E-state index contributed by atoms with van der Waals surface area (Å²) < 4.78 is 15.4. The molecule has 1 atom stereocenters. The standard InChI is InChI=1S/C23H22FN5O3/c1-13-9-16(14(2)27-18-6-4-3-5-15(18)22(31)32)20-28-19(26-12-23(24)7-8-23)17(10-25)21(30)29(20)11-13/h3-6,9,11,14,26-27H,7-8,12H2,1-2H3,(H,31,32)/t14-/m1/s1. The summed E-state index contributed by atoms with van der Waals surface area (Å²) in [4.78, 5) is 29.1. The van der Waals surface area contributed by atoms with Crippen LogP contribution in [0.15, 0.2) is 41.3 Å². The van der Waals surface area contributed by atoms with Crippen molar-refractivity contribution < 1.29 is 14.3 Å². The highest BCUT2D eigenvalue weighted by atomic mass is 19.1. The Kier molecular flexibility index (Phi) is 5.30. The van der Waals surface area contributed by atoms with E-state index in [0.717, 1.165) is 5.56 Å². The zero-order chi connectivity index (χ0) is 23.0. The number of aryl methyl sites for hydroxylation is 1. The van der Waals surface area contributed by atoms with Gasteiger partial charge in [-0.15, -0.1) is 0 Å². The van der Waals surface area contributed by atoms with E-state index >= 15 is 0 Å². The molecule has 2 aromatic heterocycles. The molecule has 0 saturated heterocycles.